The number of carbonyl (C=O) groups is 2. The fourth-order valence-electron chi connectivity index (χ4n) is 3.34. The van der Waals surface area contributed by atoms with E-state index in [2.05, 4.69) is 5.32 Å². The number of hydrogen-bond acceptors (Lipinski definition) is 4. The lowest BCUT2D eigenvalue weighted by molar-refractivity contribution is -0.139. The van der Waals surface area contributed by atoms with Crippen molar-refractivity contribution in [3.8, 4) is 0 Å². The number of halogens is 2. The van der Waals surface area contributed by atoms with Gasteiger partial charge in [0.1, 0.15) is 12.6 Å². The van der Waals surface area contributed by atoms with Crippen molar-refractivity contribution in [3.63, 3.8) is 0 Å². The van der Waals surface area contributed by atoms with Gasteiger partial charge in [-0.25, -0.2) is 8.42 Å². The van der Waals surface area contributed by atoms with Gasteiger partial charge in [-0.15, -0.1) is 0 Å². The first kappa shape index (κ1) is 28.0. The number of anilines is 1. The average Bonchev–Trinajstić information content (AvgIpc) is 2.76. The molecule has 0 aliphatic carbocycles. The fourth-order valence-corrected chi connectivity index (χ4v) is 4.62. The number of sulfonamides is 1. The Kier molecular flexibility index (Phi) is 9.79. The first-order valence-electron chi connectivity index (χ1n) is 10.9. The number of nitrogens with zero attached hydrogens (tertiary/aromatic N) is 2. The van der Waals surface area contributed by atoms with Gasteiger partial charge in [0.25, 0.3) is 0 Å². The molecule has 2 rings (SSSR count). The summed E-state index contributed by atoms with van der Waals surface area (Å²) in [6.45, 7) is 6.73. The van der Waals surface area contributed by atoms with Crippen molar-refractivity contribution in [1.82, 2.24) is 10.2 Å². The van der Waals surface area contributed by atoms with Crippen LogP contribution >= 0.6 is 23.2 Å². The van der Waals surface area contributed by atoms with Crippen LogP contribution < -0.4 is 9.62 Å². The zero-order valence-corrected chi connectivity index (χ0v) is 22.3. The summed E-state index contributed by atoms with van der Waals surface area (Å²) in [7, 11) is -3.83. The van der Waals surface area contributed by atoms with Gasteiger partial charge in [-0.1, -0.05) is 48.3 Å². The molecule has 0 aliphatic heterocycles. The van der Waals surface area contributed by atoms with Crippen molar-refractivity contribution in [1.29, 1.82) is 0 Å². The molecule has 0 fully saturated rings. The van der Waals surface area contributed by atoms with Crippen LogP contribution in [-0.4, -0.2) is 50.0 Å². The van der Waals surface area contributed by atoms with Crippen LogP contribution in [0.5, 0.6) is 0 Å². The second-order valence-electron chi connectivity index (χ2n) is 8.30. The van der Waals surface area contributed by atoms with E-state index in [1.165, 1.54) is 4.90 Å². The van der Waals surface area contributed by atoms with Crippen LogP contribution in [-0.2, 0) is 26.2 Å². The molecule has 0 saturated heterocycles. The quantitative estimate of drug-likeness (QED) is 0.495. The maximum atomic E-state index is 13.5. The van der Waals surface area contributed by atoms with Gasteiger partial charge in [0.15, 0.2) is 0 Å². The SMILES string of the molecule is CC[C@@H](C)NC(=O)[C@H](C)N(Cc1cccc(Cl)c1)C(=O)CN(c1cccc(Cl)c1C)S(C)(=O)=O. The maximum Gasteiger partial charge on any atom is 0.244 e. The Balaban J connectivity index is 2.43. The van der Waals surface area contributed by atoms with E-state index in [1.807, 2.05) is 13.8 Å². The van der Waals surface area contributed by atoms with Gasteiger partial charge in [0, 0.05) is 22.6 Å². The van der Waals surface area contributed by atoms with Crippen molar-refractivity contribution in [3.05, 3.63) is 63.6 Å². The molecule has 0 spiro atoms. The summed E-state index contributed by atoms with van der Waals surface area (Å²) in [5.74, 6) is -0.855. The van der Waals surface area contributed by atoms with Gasteiger partial charge in [0.2, 0.25) is 21.8 Å². The van der Waals surface area contributed by atoms with E-state index in [4.69, 9.17) is 23.2 Å². The highest BCUT2D eigenvalue weighted by atomic mass is 35.5. The summed E-state index contributed by atoms with van der Waals surface area (Å²) in [6, 6.07) is 10.9. The third-order valence-electron chi connectivity index (χ3n) is 5.60. The first-order chi connectivity index (χ1) is 15.8. The Hall–Kier alpha value is -2.29. The number of rotatable bonds is 10. The number of amides is 2. The fraction of sp³-hybridized carbons (Fsp3) is 0.417. The van der Waals surface area contributed by atoms with Gasteiger partial charge in [-0.3, -0.25) is 13.9 Å². The van der Waals surface area contributed by atoms with Crippen LogP contribution in [0.2, 0.25) is 10.0 Å². The average molecular weight is 529 g/mol. The lowest BCUT2D eigenvalue weighted by atomic mass is 10.1. The highest BCUT2D eigenvalue weighted by Crippen LogP contribution is 2.28. The van der Waals surface area contributed by atoms with Crippen molar-refractivity contribution >= 4 is 50.7 Å². The Morgan fingerprint density at radius 2 is 1.74 bits per heavy atom. The minimum Gasteiger partial charge on any atom is -0.352 e. The summed E-state index contributed by atoms with van der Waals surface area (Å²) < 4.78 is 26.3. The molecule has 186 valence electrons. The molecule has 2 aromatic carbocycles. The van der Waals surface area contributed by atoms with E-state index in [0.29, 0.717) is 26.9 Å². The molecule has 34 heavy (non-hydrogen) atoms. The van der Waals surface area contributed by atoms with E-state index in [9.17, 15) is 18.0 Å². The molecule has 10 heteroatoms. The van der Waals surface area contributed by atoms with Crippen LogP contribution in [0.4, 0.5) is 5.69 Å². The molecule has 0 radical (unpaired) electrons. The maximum absolute atomic E-state index is 13.5. The molecular formula is C24H31Cl2N3O4S. The summed E-state index contributed by atoms with van der Waals surface area (Å²) in [5, 5.41) is 3.76. The Morgan fingerprint density at radius 3 is 2.32 bits per heavy atom. The molecule has 0 unspecified atom stereocenters. The van der Waals surface area contributed by atoms with Crippen LogP contribution in [0, 0.1) is 6.92 Å². The van der Waals surface area contributed by atoms with Crippen molar-refractivity contribution in [2.45, 2.75) is 52.7 Å². The number of carbonyl (C=O) groups excluding carboxylic acids is 2. The van der Waals surface area contributed by atoms with Gasteiger partial charge >= 0.3 is 0 Å². The Labute approximate surface area is 212 Å². The van der Waals surface area contributed by atoms with Crippen molar-refractivity contribution < 1.29 is 18.0 Å². The van der Waals surface area contributed by atoms with Gasteiger partial charge in [0.05, 0.1) is 11.9 Å². The summed E-state index contributed by atoms with van der Waals surface area (Å²) >= 11 is 12.3. The molecular weight excluding hydrogens is 497 g/mol. The monoisotopic (exact) mass is 527 g/mol. The molecule has 2 amide bonds. The molecule has 0 aliphatic rings. The topological polar surface area (TPSA) is 86.8 Å². The molecule has 1 N–H and O–H groups in total. The number of hydrogen-bond donors (Lipinski definition) is 1. The largest absolute Gasteiger partial charge is 0.352 e. The summed E-state index contributed by atoms with van der Waals surface area (Å²) in [6.07, 6.45) is 1.76. The third kappa shape index (κ3) is 7.35. The third-order valence-corrected chi connectivity index (χ3v) is 7.37. The number of nitrogens with one attached hydrogen (secondary N) is 1. The molecule has 7 nitrogen and oxygen atoms in total. The van der Waals surface area contributed by atoms with Crippen LogP contribution in [0.25, 0.3) is 0 Å². The first-order valence-corrected chi connectivity index (χ1v) is 13.5. The summed E-state index contributed by atoms with van der Waals surface area (Å²) in [5.41, 5.74) is 1.56. The van der Waals surface area contributed by atoms with Gasteiger partial charge < -0.3 is 10.2 Å². The minimum atomic E-state index is -3.83. The predicted molar refractivity (Wildman–Crippen MR) is 138 cm³/mol. The molecule has 0 saturated carbocycles. The lowest BCUT2D eigenvalue weighted by Gasteiger charge is -2.32. The van der Waals surface area contributed by atoms with Crippen LogP contribution in [0.15, 0.2) is 42.5 Å². The molecule has 0 aromatic heterocycles. The number of benzene rings is 2. The second-order valence-corrected chi connectivity index (χ2v) is 11.0. The van der Waals surface area contributed by atoms with Gasteiger partial charge in [-0.05, 0) is 62.6 Å². The highest BCUT2D eigenvalue weighted by Gasteiger charge is 2.31. The highest BCUT2D eigenvalue weighted by molar-refractivity contribution is 7.92. The minimum absolute atomic E-state index is 0.0697. The standard InChI is InChI=1S/C24H31Cl2N3O4S/c1-6-16(2)27-24(31)18(4)28(14-19-9-7-10-20(25)13-19)23(30)15-29(34(5,32)33)22-12-8-11-21(26)17(22)3/h7-13,16,18H,6,14-15H2,1-5H3,(H,27,31)/t16-,18+/m1/s1. The van der Waals surface area contributed by atoms with Crippen molar-refractivity contribution in [2.75, 3.05) is 17.1 Å². The Morgan fingerprint density at radius 1 is 1.09 bits per heavy atom. The zero-order chi connectivity index (χ0) is 25.6. The predicted octanol–water partition coefficient (Wildman–Crippen LogP) is 4.40. The van der Waals surface area contributed by atoms with E-state index in [1.54, 1.807) is 56.3 Å². The second kappa shape index (κ2) is 11.9. The molecule has 0 bridgehead atoms. The normalized spacial score (nSPS) is 13.1. The molecule has 2 aromatic rings. The van der Waals surface area contributed by atoms with Crippen molar-refractivity contribution in [2.24, 2.45) is 0 Å². The van der Waals surface area contributed by atoms with E-state index in [0.717, 1.165) is 17.0 Å². The lowest BCUT2D eigenvalue weighted by Crippen LogP contribution is -2.52. The van der Waals surface area contributed by atoms with E-state index in [-0.39, 0.29) is 18.5 Å². The van der Waals surface area contributed by atoms with E-state index >= 15 is 0 Å². The summed E-state index contributed by atoms with van der Waals surface area (Å²) in [4.78, 5) is 27.8. The van der Waals surface area contributed by atoms with Gasteiger partial charge in [-0.2, -0.15) is 0 Å². The molecule has 2 atom stereocenters. The Bertz CT molecular complexity index is 1140. The van der Waals surface area contributed by atoms with Crippen LogP contribution in [0.3, 0.4) is 0 Å². The smallest absolute Gasteiger partial charge is 0.244 e. The van der Waals surface area contributed by atoms with Crippen LogP contribution in [0.1, 0.15) is 38.3 Å². The zero-order valence-electron chi connectivity index (χ0n) is 20.0. The molecule has 0 heterocycles. The van der Waals surface area contributed by atoms with E-state index < -0.39 is 28.5 Å².